The summed E-state index contributed by atoms with van der Waals surface area (Å²) in [6.45, 7) is 0.634. The van der Waals surface area contributed by atoms with Gasteiger partial charge in [-0.1, -0.05) is 11.6 Å². The number of amides is 1. The minimum absolute atomic E-state index is 0.0449. The van der Waals surface area contributed by atoms with Crippen molar-refractivity contribution < 1.29 is 19.4 Å². The molecule has 1 aliphatic heterocycles. The van der Waals surface area contributed by atoms with Gasteiger partial charge < -0.3 is 14.7 Å². The minimum Gasteiger partial charge on any atom is -0.479 e. The largest absolute Gasteiger partial charge is 0.479 e. The normalized spacial score (nSPS) is 19.3. The van der Waals surface area contributed by atoms with E-state index >= 15 is 0 Å². The molecule has 0 aromatic heterocycles. The van der Waals surface area contributed by atoms with Gasteiger partial charge in [0.05, 0.1) is 18.7 Å². The molecule has 1 aromatic rings. The molecule has 2 rings (SSSR count). The van der Waals surface area contributed by atoms with Crippen LogP contribution in [0.15, 0.2) is 22.7 Å². The molecule has 19 heavy (non-hydrogen) atoms. The number of morpholine rings is 1. The zero-order valence-electron chi connectivity index (χ0n) is 9.81. The maximum Gasteiger partial charge on any atom is 0.334 e. The first kappa shape index (κ1) is 14.3. The first-order chi connectivity index (χ1) is 8.99. The highest BCUT2D eigenvalue weighted by Gasteiger charge is 2.30. The van der Waals surface area contributed by atoms with Crippen molar-refractivity contribution in [1.29, 1.82) is 0 Å². The van der Waals surface area contributed by atoms with Crippen molar-refractivity contribution >= 4 is 39.4 Å². The van der Waals surface area contributed by atoms with E-state index in [0.717, 1.165) is 0 Å². The number of aliphatic carboxylic acids is 1. The third-order valence-electron chi connectivity index (χ3n) is 2.79. The van der Waals surface area contributed by atoms with Gasteiger partial charge in [0, 0.05) is 16.0 Å². The molecule has 0 radical (unpaired) electrons. The van der Waals surface area contributed by atoms with Crippen molar-refractivity contribution in [3.63, 3.8) is 0 Å². The van der Waals surface area contributed by atoms with E-state index in [1.165, 1.54) is 4.90 Å². The Kier molecular flexibility index (Phi) is 4.44. The number of carbonyl (C=O) groups is 2. The van der Waals surface area contributed by atoms with Crippen molar-refractivity contribution in [2.75, 3.05) is 19.7 Å². The molecule has 1 saturated heterocycles. The number of ether oxygens (including phenoxy) is 1. The van der Waals surface area contributed by atoms with Gasteiger partial charge >= 0.3 is 5.97 Å². The lowest BCUT2D eigenvalue weighted by Gasteiger charge is -2.31. The van der Waals surface area contributed by atoms with Crippen LogP contribution in [0.4, 0.5) is 0 Å². The van der Waals surface area contributed by atoms with Gasteiger partial charge in [0.15, 0.2) is 6.10 Å². The Morgan fingerprint density at radius 1 is 1.47 bits per heavy atom. The Hall–Kier alpha value is -1.11. The van der Waals surface area contributed by atoms with Crippen LogP contribution in [0.5, 0.6) is 0 Å². The molecule has 102 valence electrons. The smallest absolute Gasteiger partial charge is 0.334 e. The van der Waals surface area contributed by atoms with Crippen molar-refractivity contribution in [2.24, 2.45) is 0 Å². The van der Waals surface area contributed by atoms with Crippen LogP contribution in [0.2, 0.25) is 5.02 Å². The van der Waals surface area contributed by atoms with Crippen LogP contribution >= 0.6 is 27.5 Å². The monoisotopic (exact) mass is 347 g/mol. The Labute approximate surface area is 123 Å². The molecule has 0 aliphatic carbocycles. The van der Waals surface area contributed by atoms with Gasteiger partial charge in [0.25, 0.3) is 5.91 Å². The number of rotatable bonds is 2. The number of hydrogen-bond acceptors (Lipinski definition) is 3. The van der Waals surface area contributed by atoms with Gasteiger partial charge in [-0.15, -0.1) is 0 Å². The number of nitrogens with zero attached hydrogens (tertiary/aromatic N) is 1. The molecule has 1 N–H and O–H groups in total. The number of benzene rings is 1. The van der Waals surface area contributed by atoms with E-state index in [4.69, 9.17) is 21.4 Å². The lowest BCUT2D eigenvalue weighted by molar-refractivity contribution is -0.154. The summed E-state index contributed by atoms with van der Waals surface area (Å²) in [6, 6.07) is 4.86. The quantitative estimate of drug-likeness (QED) is 0.888. The van der Waals surface area contributed by atoms with E-state index < -0.39 is 12.1 Å². The second-order valence-electron chi connectivity index (χ2n) is 4.07. The summed E-state index contributed by atoms with van der Waals surface area (Å²) >= 11 is 9.10. The summed E-state index contributed by atoms with van der Waals surface area (Å²) in [6.07, 6.45) is -0.969. The number of carboxylic acid groups (broad SMARTS) is 1. The highest BCUT2D eigenvalue weighted by molar-refractivity contribution is 9.10. The molecule has 5 nitrogen and oxygen atoms in total. The van der Waals surface area contributed by atoms with Crippen LogP contribution in [0.1, 0.15) is 10.4 Å². The predicted octanol–water partition coefficient (Wildman–Crippen LogP) is 2.03. The molecule has 0 saturated carbocycles. The van der Waals surface area contributed by atoms with Crippen molar-refractivity contribution in [3.05, 3.63) is 33.3 Å². The first-order valence-electron chi connectivity index (χ1n) is 5.58. The van der Waals surface area contributed by atoms with E-state index in [1.807, 2.05) is 0 Å². The maximum atomic E-state index is 12.3. The predicted molar refractivity (Wildman–Crippen MR) is 72.4 cm³/mol. The Balaban J connectivity index is 2.17. The average Bonchev–Trinajstić information content (AvgIpc) is 2.38. The van der Waals surface area contributed by atoms with E-state index in [2.05, 4.69) is 15.9 Å². The fraction of sp³-hybridized carbons (Fsp3) is 0.333. The third kappa shape index (κ3) is 3.26. The average molecular weight is 349 g/mol. The second-order valence-corrected chi connectivity index (χ2v) is 5.36. The van der Waals surface area contributed by atoms with Gasteiger partial charge in [-0.25, -0.2) is 4.79 Å². The Bertz CT molecular complexity index is 522. The highest BCUT2D eigenvalue weighted by Crippen LogP contribution is 2.23. The van der Waals surface area contributed by atoms with Gasteiger partial charge in [0.2, 0.25) is 0 Å². The number of halogens is 2. The van der Waals surface area contributed by atoms with Gasteiger partial charge in [0.1, 0.15) is 0 Å². The van der Waals surface area contributed by atoms with E-state index in [-0.39, 0.29) is 19.1 Å². The van der Waals surface area contributed by atoms with Crippen molar-refractivity contribution in [3.8, 4) is 0 Å². The molecule has 1 heterocycles. The van der Waals surface area contributed by atoms with Gasteiger partial charge in [-0.05, 0) is 34.1 Å². The van der Waals surface area contributed by atoms with E-state index in [0.29, 0.717) is 21.6 Å². The van der Waals surface area contributed by atoms with E-state index in [1.54, 1.807) is 18.2 Å². The SMILES string of the molecule is O=C(O)C1CN(C(=O)c2ccc(Cl)cc2Br)CCO1. The Morgan fingerprint density at radius 2 is 2.21 bits per heavy atom. The van der Waals surface area contributed by atoms with Gasteiger partial charge in [-0.3, -0.25) is 4.79 Å². The highest BCUT2D eigenvalue weighted by atomic mass is 79.9. The summed E-state index contributed by atoms with van der Waals surface area (Å²) in [5.41, 5.74) is 0.454. The summed E-state index contributed by atoms with van der Waals surface area (Å²) in [4.78, 5) is 24.7. The molecule has 1 atom stereocenters. The van der Waals surface area contributed by atoms with E-state index in [9.17, 15) is 9.59 Å². The molecule has 1 fully saturated rings. The number of carboxylic acids is 1. The summed E-state index contributed by atoms with van der Waals surface area (Å²) in [5, 5.41) is 9.43. The fourth-order valence-corrected chi connectivity index (χ4v) is 2.67. The topological polar surface area (TPSA) is 66.8 Å². The molecule has 7 heteroatoms. The molecular formula is C12H11BrClNO4. The van der Waals surface area contributed by atoms with Crippen molar-refractivity contribution in [2.45, 2.75) is 6.10 Å². The molecule has 1 amide bonds. The zero-order chi connectivity index (χ0) is 14.0. The second kappa shape index (κ2) is 5.90. The number of hydrogen-bond donors (Lipinski definition) is 1. The van der Waals surface area contributed by atoms with Crippen LogP contribution in [0, 0.1) is 0 Å². The maximum absolute atomic E-state index is 12.3. The first-order valence-corrected chi connectivity index (χ1v) is 6.75. The summed E-state index contributed by atoms with van der Waals surface area (Å²) in [5.74, 6) is -1.30. The van der Waals surface area contributed by atoms with Crippen LogP contribution < -0.4 is 0 Å². The van der Waals surface area contributed by atoms with Crippen LogP contribution in [0.25, 0.3) is 0 Å². The van der Waals surface area contributed by atoms with Crippen LogP contribution in [0.3, 0.4) is 0 Å². The fourth-order valence-electron chi connectivity index (χ4n) is 1.82. The van der Waals surface area contributed by atoms with Crippen LogP contribution in [-0.2, 0) is 9.53 Å². The molecule has 0 bridgehead atoms. The van der Waals surface area contributed by atoms with Crippen molar-refractivity contribution in [1.82, 2.24) is 4.90 Å². The minimum atomic E-state index is -1.06. The Morgan fingerprint density at radius 3 is 2.84 bits per heavy atom. The number of carbonyl (C=O) groups excluding carboxylic acids is 1. The molecule has 1 unspecified atom stereocenters. The zero-order valence-corrected chi connectivity index (χ0v) is 12.1. The standard InChI is InChI=1S/C12H11BrClNO4/c13-9-5-7(14)1-2-8(9)11(16)15-3-4-19-10(6-15)12(17)18/h1-2,5,10H,3-4,6H2,(H,17,18). The summed E-state index contributed by atoms with van der Waals surface area (Å²) < 4.78 is 5.67. The molecular weight excluding hydrogens is 337 g/mol. The lowest BCUT2D eigenvalue weighted by Crippen LogP contribution is -2.48. The molecule has 1 aromatic carbocycles. The lowest BCUT2D eigenvalue weighted by atomic mass is 10.1. The van der Waals surface area contributed by atoms with Crippen LogP contribution in [-0.4, -0.2) is 47.7 Å². The third-order valence-corrected chi connectivity index (χ3v) is 3.68. The molecule has 1 aliphatic rings. The molecule has 0 spiro atoms. The van der Waals surface area contributed by atoms with Gasteiger partial charge in [-0.2, -0.15) is 0 Å². The summed E-state index contributed by atoms with van der Waals surface area (Å²) in [7, 11) is 0.